The van der Waals surface area contributed by atoms with E-state index < -0.39 is 10.2 Å². The van der Waals surface area contributed by atoms with Crippen molar-refractivity contribution in [1.29, 1.82) is 5.26 Å². The Kier molecular flexibility index (Phi) is 4.19. The maximum Gasteiger partial charge on any atom is 0.282 e. The van der Waals surface area contributed by atoms with Crippen LogP contribution in [0.25, 0.3) is 0 Å². The summed E-state index contributed by atoms with van der Waals surface area (Å²) in [5.41, 5.74) is -0.362. The summed E-state index contributed by atoms with van der Waals surface area (Å²) >= 11 is 0. The van der Waals surface area contributed by atoms with E-state index in [2.05, 4.69) is 6.07 Å². The Morgan fingerprint density at radius 3 is 2.37 bits per heavy atom. The fourth-order valence-electron chi connectivity index (χ4n) is 2.89. The summed E-state index contributed by atoms with van der Waals surface area (Å²) in [4.78, 5) is 0. The first kappa shape index (κ1) is 14.8. The molecule has 19 heavy (non-hydrogen) atoms. The molecule has 1 unspecified atom stereocenters. The molecule has 0 radical (unpaired) electrons. The first-order valence-electron chi connectivity index (χ1n) is 7.07. The molecule has 2 aliphatic heterocycles. The molecule has 0 bridgehead atoms. The van der Waals surface area contributed by atoms with Gasteiger partial charge in [-0.25, -0.2) is 0 Å². The number of nitrogens with zero attached hydrogens (tertiary/aromatic N) is 3. The second-order valence-electron chi connectivity index (χ2n) is 6.03. The first-order chi connectivity index (χ1) is 8.89. The molecule has 2 rings (SSSR count). The Balaban J connectivity index is 2.07. The minimum absolute atomic E-state index is 0.100. The summed E-state index contributed by atoms with van der Waals surface area (Å²) in [6, 6.07) is 2.41. The van der Waals surface area contributed by atoms with Crippen LogP contribution in [0, 0.1) is 16.7 Å². The van der Waals surface area contributed by atoms with Gasteiger partial charge in [0, 0.05) is 25.7 Å². The molecule has 2 fully saturated rings. The lowest BCUT2D eigenvalue weighted by molar-refractivity contribution is 0.199. The summed E-state index contributed by atoms with van der Waals surface area (Å²) in [7, 11) is -3.34. The fraction of sp³-hybridized carbons (Fsp3) is 0.923. The van der Waals surface area contributed by atoms with Gasteiger partial charge >= 0.3 is 0 Å². The molecular weight excluding hydrogens is 262 g/mol. The number of hydrogen-bond donors (Lipinski definition) is 0. The third kappa shape index (κ3) is 2.93. The Bertz CT molecular complexity index is 461. The van der Waals surface area contributed by atoms with E-state index in [-0.39, 0.29) is 11.5 Å². The van der Waals surface area contributed by atoms with Crippen LogP contribution in [0.5, 0.6) is 0 Å². The predicted molar refractivity (Wildman–Crippen MR) is 73.5 cm³/mol. The van der Waals surface area contributed by atoms with Crippen LogP contribution >= 0.6 is 0 Å². The molecule has 0 aromatic rings. The summed E-state index contributed by atoms with van der Waals surface area (Å²) in [5, 5.41) is 9.10. The molecule has 2 aliphatic rings. The number of piperidine rings is 2. The van der Waals surface area contributed by atoms with Gasteiger partial charge in [-0.1, -0.05) is 6.42 Å². The second-order valence-corrected chi connectivity index (χ2v) is 7.92. The van der Waals surface area contributed by atoms with Gasteiger partial charge in [0.1, 0.15) is 0 Å². The Labute approximate surface area is 116 Å². The highest BCUT2D eigenvalue weighted by Crippen LogP contribution is 2.32. The van der Waals surface area contributed by atoms with Crippen molar-refractivity contribution in [3.05, 3.63) is 0 Å². The molecule has 0 aromatic heterocycles. The standard InChI is InChI=1S/C13H23N3O2S/c1-12-5-3-4-8-16(12)19(17,18)15-9-6-13(2,11-14)7-10-15/h12H,3-10H2,1-2H3. The molecule has 0 amide bonds. The van der Waals surface area contributed by atoms with Crippen molar-refractivity contribution < 1.29 is 8.42 Å². The third-order valence-corrected chi connectivity index (χ3v) is 6.61. The number of nitriles is 1. The average Bonchev–Trinajstić information content (AvgIpc) is 2.39. The lowest BCUT2D eigenvalue weighted by Crippen LogP contribution is -2.52. The van der Waals surface area contributed by atoms with Crippen molar-refractivity contribution in [3.63, 3.8) is 0 Å². The lowest BCUT2D eigenvalue weighted by atomic mass is 9.83. The van der Waals surface area contributed by atoms with Gasteiger partial charge in [-0.05, 0) is 39.5 Å². The van der Waals surface area contributed by atoms with Crippen LogP contribution in [0.15, 0.2) is 0 Å². The minimum atomic E-state index is -3.34. The Morgan fingerprint density at radius 1 is 1.21 bits per heavy atom. The molecule has 0 aliphatic carbocycles. The zero-order valence-corrected chi connectivity index (χ0v) is 12.6. The van der Waals surface area contributed by atoms with E-state index in [0.717, 1.165) is 19.3 Å². The molecule has 2 heterocycles. The lowest BCUT2D eigenvalue weighted by Gasteiger charge is -2.40. The van der Waals surface area contributed by atoms with Gasteiger partial charge in [0.05, 0.1) is 11.5 Å². The first-order valence-corrected chi connectivity index (χ1v) is 8.47. The van der Waals surface area contributed by atoms with Crippen LogP contribution in [-0.4, -0.2) is 42.7 Å². The molecule has 0 N–H and O–H groups in total. The highest BCUT2D eigenvalue weighted by atomic mass is 32.2. The third-order valence-electron chi connectivity index (χ3n) is 4.46. The van der Waals surface area contributed by atoms with Crippen molar-refractivity contribution in [2.24, 2.45) is 5.41 Å². The molecule has 6 heteroatoms. The van der Waals surface area contributed by atoms with Crippen LogP contribution in [-0.2, 0) is 10.2 Å². The van der Waals surface area contributed by atoms with Gasteiger partial charge in [-0.3, -0.25) is 0 Å². The van der Waals surface area contributed by atoms with Crippen molar-refractivity contribution in [2.75, 3.05) is 19.6 Å². The summed E-state index contributed by atoms with van der Waals surface area (Å²) in [5.74, 6) is 0. The van der Waals surface area contributed by atoms with Crippen LogP contribution in [0.3, 0.4) is 0 Å². The average molecular weight is 285 g/mol. The van der Waals surface area contributed by atoms with Gasteiger partial charge in [0.25, 0.3) is 10.2 Å². The normalized spacial score (nSPS) is 29.8. The second kappa shape index (κ2) is 5.39. The van der Waals surface area contributed by atoms with Crippen LogP contribution < -0.4 is 0 Å². The largest absolute Gasteiger partial charge is 0.282 e. The van der Waals surface area contributed by atoms with Crippen LogP contribution in [0.2, 0.25) is 0 Å². The van der Waals surface area contributed by atoms with Gasteiger partial charge < -0.3 is 0 Å². The topological polar surface area (TPSA) is 64.4 Å². The van der Waals surface area contributed by atoms with E-state index in [1.807, 2.05) is 13.8 Å². The minimum Gasteiger partial charge on any atom is -0.198 e. The fourth-order valence-corrected chi connectivity index (χ4v) is 4.75. The van der Waals surface area contributed by atoms with Crippen molar-refractivity contribution in [1.82, 2.24) is 8.61 Å². The SMILES string of the molecule is CC1CCCCN1S(=O)(=O)N1CCC(C)(C#N)CC1. The highest BCUT2D eigenvalue weighted by molar-refractivity contribution is 7.86. The van der Waals surface area contributed by atoms with E-state index in [4.69, 9.17) is 5.26 Å². The van der Waals surface area contributed by atoms with E-state index in [1.165, 1.54) is 0 Å². The number of hydrogen-bond acceptors (Lipinski definition) is 3. The Morgan fingerprint density at radius 2 is 1.84 bits per heavy atom. The van der Waals surface area contributed by atoms with Crippen molar-refractivity contribution >= 4 is 10.2 Å². The van der Waals surface area contributed by atoms with Gasteiger partial charge in [0.15, 0.2) is 0 Å². The molecule has 108 valence electrons. The van der Waals surface area contributed by atoms with Crippen LogP contribution in [0.4, 0.5) is 0 Å². The smallest absolute Gasteiger partial charge is 0.198 e. The maximum atomic E-state index is 12.6. The zero-order chi connectivity index (χ0) is 14.1. The van der Waals surface area contributed by atoms with E-state index in [0.29, 0.717) is 32.5 Å². The van der Waals surface area contributed by atoms with Gasteiger partial charge in [-0.2, -0.15) is 22.3 Å². The van der Waals surface area contributed by atoms with Crippen LogP contribution in [0.1, 0.15) is 46.0 Å². The quantitative estimate of drug-likeness (QED) is 0.776. The molecular formula is C13H23N3O2S. The molecule has 0 saturated carbocycles. The van der Waals surface area contributed by atoms with Crippen molar-refractivity contribution in [3.8, 4) is 6.07 Å². The molecule has 0 spiro atoms. The summed E-state index contributed by atoms with van der Waals surface area (Å²) < 4.78 is 28.4. The van der Waals surface area contributed by atoms with E-state index in [9.17, 15) is 8.42 Å². The molecule has 2 saturated heterocycles. The van der Waals surface area contributed by atoms with Gasteiger partial charge in [0.2, 0.25) is 0 Å². The summed E-state index contributed by atoms with van der Waals surface area (Å²) in [6.07, 6.45) is 4.27. The predicted octanol–water partition coefficient (Wildman–Crippen LogP) is 1.73. The molecule has 5 nitrogen and oxygen atoms in total. The van der Waals surface area contributed by atoms with Gasteiger partial charge in [-0.15, -0.1) is 0 Å². The summed E-state index contributed by atoms with van der Waals surface area (Å²) in [6.45, 7) is 5.47. The monoisotopic (exact) mass is 285 g/mol. The van der Waals surface area contributed by atoms with E-state index in [1.54, 1.807) is 8.61 Å². The van der Waals surface area contributed by atoms with E-state index >= 15 is 0 Å². The van der Waals surface area contributed by atoms with Crippen molar-refractivity contribution in [2.45, 2.75) is 52.0 Å². The maximum absolute atomic E-state index is 12.6. The zero-order valence-electron chi connectivity index (χ0n) is 11.8. The Hall–Kier alpha value is -0.640. The highest BCUT2D eigenvalue weighted by Gasteiger charge is 2.39. The molecule has 1 atom stereocenters. The number of rotatable bonds is 2. The molecule has 0 aromatic carbocycles.